The number of ether oxygens (including phenoxy) is 1. The number of rotatable bonds is 6. The highest BCUT2D eigenvalue weighted by Crippen LogP contribution is 2.35. The number of nitrogens with zero attached hydrogens (tertiary/aromatic N) is 1. The molecule has 1 atom stereocenters. The van der Waals surface area contributed by atoms with Crippen LogP contribution in [0.2, 0.25) is 0 Å². The molecule has 2 aliphatic rings. The summed E-state index contributed by atoms with van der Waals surface area (Å²) in [5.74, 6) is 1.95. The zero-order valence-corrected chi connectivity index (χ0v) is 11.6. The Morgan fingerprint density at radius 3 is 2.84 bits per heavy atom. The van der Waals surface area contributed by atoms with Crippen LogP contribution >= 0.6 is 0 Å². The molecule has 2 fully saturated rings. The van der Waals surface area contributed by atoms with Crippen molar-refractivity contribution in [2.75, 3.05) is 32.8 Å². The van der Waals surface area contributed by atoms with Crippen LogP contribution in [-0.2, 0) is 0 Å². The van der Waals surface area contributed by atoms with Gasteiger partial charge in [-0.2, -0.15) is 0 Å². The van der Waals surface area contributed by atoms with Gasteiger partial charge >= 0.3 is 0 Å². The Labute approximate surface area is 115 Å². The van der Waals surface area contributed by atoms with Gasteiger partial charge in [-0.1, -0.05) is 18.2 Å². The molecule has 0 radical (unpaired) electrons. The number of benzene rings is 1. The van der Waals surface area contributed by atoms with Gasteiger partial charge in [0.2, 0.25) is 0 Å². The summed E-state index contributed by atoms with van der Waals surface area (Å²) < 4.78 is 5.77. The van der Waals surface area contributed by atoms with Gasteiger partial charge in [-0.15, -0.1) is 0 Å². The van der Waals surface area contributed by atoms with E-state index in [1.165, 1.54) is 32.5 Å². The van der Waals surface area contributed by atoms with Crippen LogP contribution in [0.1, 0.15) is 19.3 Å². The second-order valence-corrected chi connectivity index (χ2v) is 5.66. The van der Waals surface area contributed by atoms with Crippen molar-refractivity contribution >= 4 is 0 Å². The topological polar surface area (TPSA) is 24.5 Å². The van der Waals surface area contributed by atoms with E-state index in [2.05, 4.69) is 10.2 Å². The Bertz CT molecular complexity index is 378. The van der Waals surface area contributed by atoms with Gasteiger partial charge in [0.25, 0.3) is 0 Å². The molecule has 1 unspecified atom stereocenters. The lowest BCUT2D eigenvalue weighted by molar-refractivity contribution is 0.133. The summed E-state index contributed by atoms with van der Waals surface area (Å²) in [5, 5.41) is 3.53. The van der Waals surface area contributed by atoms with Crippen molar-refractivity contribution in [3.63, 3.8) is 0 Å². The second-order valence-electron chi connectivity index (χ2n) is 5.66. The predicted octanol–water partition coefficient (Wildman–Crippen LogP) is 2.14. The van der Waals surface area contributed by atoms with Crippen LogP contribution in [0.25, 0.3) is 0 Å². The maximum atomic E-state index is 5.77. The van der Waals surface area contributed by atoms with Crippen LogP contribution in [0.3, 0.4) is 0 Å². The number of hydrogen-bond acceptors (Lipinski definition) is 3. The van der Waals surface area contributed by atoms with Crippen molar-refractivity contribution in [3.8, 4) is 5.75 Å². The monoisotopic (exact) mass is 260 g/mol. The molecule has 1 saturated carbocycles. The summed E-state index contributed by atoms with van der Waals surface area (Å²) in [6, 6.07) is 10.9. The molecule has 1 aliphatic carbocycles. The minimum atomic E-state index is 0.783. The Morgan fingerprint density at radius 2 is 2.05 bits per heavy atom. The summed E-state index contributed by atoms with van der Waals surface area (Å²) in [4.78, 5) is 2.67. The molecule has 1 saturated heterocycles. The fourth-order valence-electron chi connectivity index (χ4n) is 2.97. The summed E-state index contributed by atoms with van der Waals surface area (Å²) in [7, 11) is 0. The summed E-state index contributed by atoms with van der Waals surface area (Å²) in [5.41, 5.74) is 0. The molecule has 1 N–H and O–H groups in total. The van der Waals surface area contributed by atoms with E-state index < -0.39 is 0 Å². The number of piperazine rings is 1. The first-order chi connectivity index (χ1) is 9.43. The molecular weight excluding hydrogens is 236 g/mol. The first-order valence-corrected chi connectivity index (χ1v) is 7.56. The number of para-hydroxylation sites is 1. The van der Waals surface area contributed by atoms with E-state index in [4.69, 9.17) is 4.74 Å². The average Bonchev–Trinajstić information content (AvgIpc) is 3.30. The largest absolute Gasteiger partial charge is 0.494 e. The smallest absolute Gasteiger partial charge is 0.119 e. The van der Waals surface area contributed by atoms with Gasteiger partial charge in [0, 0.05) is 32.2 Å². The van der Waals surface area contributed by atoms with Gasteiger partial charge in [0.05, 0.1) is 6.61 Å². The van der Waals surface area contributed by atoms with E-state index in [9.17, 15) is 0 Å². The molecule has 1 heterocycles. The van der Waals surface area contributed by atoms with Gasteiger partial charge in [0.1, 0.15) is 5.75 Å². The van der Waals surface area contributed by atoms with E-state index in [1.54, 1.807) is 0 Å². The molecule has 3 nitrogen and oxygen atoms in total. The minimum absolute atomic E-state index is 0.783. The minimum Gasteiger partial charge on any atom is -0.494 e. The molecule has 19 heavy (non-hydrogen) atoms. The van der Waals surface area contributed by atoms with E-state index in [0.29, 0.717) is 0 Å². The highest BCUT2D eigenvalue weighted by Gasteiger charge is 2.36. The van der Waals surface area contributed by atoms with Crippen molar-refractivity contribution in [2.45, 2.75) is 25.3 Å². The van der Waals surface area contributed by atoms with Crippen molar-refractivity contribution in [1.29, 1.82) is 0 Å². The van der Waals surface area contributed by atoms with E-state index in [-0.39, 0.29) is 0 Å². The average molecular weight is 260 g/mol. The van der Waals surface area contributed by atoms with Gasteiger partial charge in [-0.05, 0) is 37.3 Å². The van der Waals surface area contributed by atoms with E-state index >= 15 is 0 Å². The SMILES string of the molecule is c1ccc(OCCCN2CCNCC2C2CC2)cc1. The van der Waals surface area contributed by atoms with Crippen LogP contribution in [0.5, 0.6) is 5.75 Å². The fraction of sp³-hybridized carbons (Fsp3) is 0.625. The Hall–Kier alpha value is -1.06. The van der Waals surface area contributed by atoms with Gasteiger partial charge in [0.15, 0.2) is 0 Å². The fourth-order valence-corrected chi connectivity index (χ4v) is 2.97. The Kier molecular flexibility index (Phi) is 4.36. The standard InChI is InChI=1S/C16H24N2O/c1-2-5-15(6-3-1)19-12-4-10-18-11-9-17-13-16(18)14-7-8-14/h1-3,5-6,14,16-17H,4,7-13H2. The third-order valence-corrected chi connectivity index (χ3v) is 4.17. The van der Waals surface area contributed by atoms with Crippen LogP contribution in [-0.4, -0.2) is 43.7 Å². The van der Waals surface area contributed by atoms with Crippen molar-refractivity contribution in [1.82, 2.24) is 10.2 Å². The van der Waals surface area contributed by atoms with E-state index in [0.717, 1.165) is 37.3 Å². The van der Waals surface area contributed by atoms with Crippen LogP contribution < -0.4 is 10.1 Å². The summed E-state index contributed by atoms with van der Waals surface area (Å²) in [6.07, 6.45) is 3.99. The summed E-state index contributed by atoms with van der Waals surface area (Å²) in [6.45, 7) is 5.53. The Balaban J connectivity index is 1.39. The molecule has 1 aromatic rings. The molecule has 3 heteroatoms. The zero-order valence-electron chi connectivity index (χ0n) is 11.6. The predicted molar refractivity (Wildman–Crippen MR) is 77.5 cm³/mol. The lowest BCUT2D eigenvalue weighted by Crippen LogP contribution is -2.52. The second kappa shape index (κ2) is 6.40. The first kappa shape index (κ1) is 12.9. The van der Waals surface area contributed by atoms with Gasteiger partial charge in [-0.3, -0.25) is 4.90 Å². The molecule has 0 amide bonds. The first-order valence-electron chi connectivity index (χ1n) is 7.56. The molecular formula is C16H24N2O. The van der Waals surface area contributed by atoms with Gasteiger partial charge < -0.3 is 10.1 Å². The van der Waals surface area contributed by atoms with Gasteiger partial charge in [-0.25, -0.2) is 0 Å². The molecule has 104 valence electrons. The molecule has 1 aromatic carbocycles. The van der Waals surface area contributed by atoms with E-state index in [1.807, 2.05) is 30.3 Å². The molecule has 3 rings (SSSR count). The summed E-state index contributed by atoms with van der Waals surface area (Å²) >= 11 is 0. The van der Waals surface area contributed by atoms with Crippen LogP contribution in [0.4, 0.5) is 0 Å². The quantitative estimate of drug-likeness (QED) is 0.793. The van der Waals surface area contributed by atoms with Crippen molar-refractivity contribution in [2.24, 2.45) is 5.92 Å². The number of hydrogen-bond donors (Lipinski definition) is 1. The van der Waals surface area contributed by atoms with Crippen molar-refractivity contribution in [3.05, 3.63) is 30.3 Å². The lowest BCUT2D eigenvalue weighted by Gasteiger charge is -2.36. The molecule has 0 aromatic heterocycles. The van der Waals surface area contributed by atoms with Crippen molar-refractivity contribution < 1.29 is 4.74 Å². The van der Waals surface area contributed by atoms with Crippen LogP contribution in [0, 0.1) is 5.92 Å². The molecule has 0 spiro atoms. The van der Waals surface area contributed by atoms with Crippen LogP contribution in [0.15, 0.2) is 30.3 Å². The lowest BCUT2D eigenvalue weighted by atomic mass is 10.1. The third kappa shape index (κ3) is 3.71. The third-order valence-electron chi connectivity index (χ3n) is 4.17. The molecule has 0 bridgehead atoms. The maximum absolute atomic E-state index is 5.77. The maximum Gasteiger partial charge on any atom is 0.119 e. The Morgan fingerprint density at radius 1 is 1.21 bits per heavy atom. The highest BCUT2D eigenvalue weighted by molar-refractivity contribution is 5.20. The zero-order chi connectivity index (χ0) is 12.9. The molecule has 1 aliphatic heterocycles. The number of nitrogens with one attached hydrogen (secondary N) is 1. The normalized spacial score (nSPS) is 24.3. The highest BCUT2D eigenvalue weighted by atomic mass is 16.5.